The van der Waals surface area contributed by atoms with Crippen LogP contribution in [0.4, 0.5) is 0 Å². The van der Waals surface area contributed by atoms with Crippen molar-refractivity contribution in [2.45, 2.75) is 31.2 Å². The van der Waals surface area contributed by atoms with Crippen molar-refractivity contribution < 1.29 is 22.5 Å². The quantitative estimate of drug-likeness (QED) is 0.584. The third-order valence-electron chi connectivity index (χ3n) is 5.48. The summed E-state index contributed by atoms with van der Waals surface area (Å²) in [6.45, 7) is 2.90. The maximum Gasteiger partial charge on any atom is 0.223 e. The zero-order valence-corrected chi connectivity index (χ0v) is 18.3. The number of carbonyl (C=O) groups is 1. The van der Waals surface area contributed by atoms with E-state index in [0.717, 1.165) is 12.0 Å². The number of carbonyl (C=O) groups excluding carboxylic acids is 1. The fraction of sp³-hybridized carbons (Fsp3) is 0.304. The number of sulfone groups is 1. The van der Waals surface area contributed by atoms with Gasteiger partial charge in [-0.2, -0.15) is 0 Å². The van der Waals surface area contributed by atoms with Gasteiger partial charge in [0.25, 0.3) is 0 Å². The summed E-state index contributed by atoms with van der Waals surface area (Å²) in [5.74, 6) is 0.247. The first kappa shape index (κ1) is 21.1. The number of ether oxygens (including phenoxy) is 1. The van der Waals surface area contributed by atoms with Crippen LogP contribution in [0, 0.1) is 6.92 Å². The summed E-state index contributed by atoms with van der Waals surface area (Å²) < 4.78 is 36.7. The van der Waals surface area contributed by atoms with Crippen molar-refractivity contribution in [1.82, 2.24) is 10.1 Å². The molecule has 162 valence electrons. The molecule has 4 rings (SSSR count). The lowest BCUT2D eigenvalue weighted by molar-refractivity contribution is -0.131. The van der Waals surface area contributed by atoms with E-state index in [4.69, 9.17) is 9.26 Å². The highest BCUT2D eigenvalue weighted by molar-refractivity contribution is 7.91. The molecule has 8 heteroatoms. The van der Waals surface area contributed by atoms with Crippen LogP contribution < -0.4 is 4.74 Å². The fourth-order valence-electron chi connectivity index (χ4n) is 3.77. The Morgan fingerprint density at radius 3 is 2.65 bits per heavy atom. The Bertz CT molecular complexity index is 1220. The number of nitrogens with zero attached hydrogens (tertiary/aromatic N) is 2. The molecule has 7 nitrogen and oxygen atoms in total. The predicted molar refractivity (Wildman–Crippen MR) is 115 cm³/mol. The van der Waals surface area contributed by atoms with Gasteiger partial charge in [0.2, 0.25) is 5.91 Å². The number of fused-ring (bicyclic) bond motifs is 1. The van der Waals surface area contributed by atoms with Crippen LogP contribution in [-0.4, -0.2) is 43.8 Å². The number of benzene rings is 2. The van der Waals surface area contributed by atoms with E-state index in [1.54, 1.807) is 30.0 Å². The number of aromatic nitrogens is 1. The molecule has 0 N–H and O–H groups in total. The molecular weight excluding hydrogens is 416 g/mol. The molecule has 1 amide bonds. The SMILES string of the molecule is COc1ccc(-c2cc(C)no2)cc1S(=O)(=O)CCC(=O)N1CCc2ccccc2C1. The van der Waals surface area contributed by atoms with Gasteiger partial charge in [0.15, 0.2) is 15.6 Å². The Morgan fingerprint density at radius 2 is 1.94 bits per heavy atom. The smallest absolute Gasteiger partial charge is 0.223 e. The van der Waals surface area contributed by atoms with E-state index in [1.165, 1.54) is 18.7 Å². The topological polar surface area (TPSA) is 89.7 Å². The number of hydrogen-bond acceptors (Lipinski definition) is 6. The van der Waals surface area contributed by atoms with Gasteiger partial charge >= 0.3 is 0 Å². The lowest BCUT2D eigenvalue weighted by atomic mass is 10.00. The van der Waals surface area contributed by atoms with Gasteiger partial charge in [0.05, 0.1) is 18.6 Å². The van der Waals surface area contributed by atoms with E-state index < -0.39 is 9.84 Å². The molecule has 1 aromatic heterocycles. The minimum absolute atomic E-state index is 0.0401. The normalized spacial score (nSPS) is 13.7. The number of aryl methyl sites for hydroxylation is 1. The van der Waals surface area contributed by atoms with Crippen molar-refractivity contribution in [1.29, 1.82) is 0 Å². The Hall–Kier alpha value is -3.13. The molecule has 0 spiro atoms. The standard InChI is InChI=1S/C23H24N2O5S/c1-16-13-21(30-24-16)18-7-8-20(29-2)22(14-18)31(27,28)12-10-23(26)25-11-9-17-5-3-4-6-19(17)15-25/h3-8,13-14H,9-12,15H2,1-2H3. The molecule has 3 aromatic rings. The number of methoxy groups -OCH3 is 1. The van der Waals surface area contributed by atoms with Gasteiger partial charge in [-0.15, -0.1) is 0 Å². The fourth-order valence-corrected chi connectivity index (χ4v) is 5.20. The summed E-state index contributed by atoms with van der Waals surface area (Å²) in [6, 6.07) is 14.6. The summed E-state index contributed by atoms with van der Waals surface area (Å²) >= 11 is 0. The van der Waals surface area contributed by atoms with Crippen molar-refractivity contribution in [3.05, 3.63) is 65.4 Å². The van der Waals surface area contributed by atoms with E-state index >= 15 is 0 Å². The highest BCUT2D eigenvalue weighted by Gasteiger charge is 2.25. The molecule has 0 atom stereocenters. The van der Waals surface area contributed by atoms with Gasteiger partial charge in [-0.1, -0.05) is 29.4 Å². The van der Waals surface area contributed by atoms with E-state index in [2.05, 4.69) is 11.2 Å². The zero-order valence-electron chi connectivity index (χ0n) is 17.5. The molecule has 0 aliphatic carbocycles. The van der Waals surface area contributed by atoms with Gasteiger partial charge in [0.1, 0.15) is 10.6 Å². The molecule has 0 bridgehead atoms. The molecule has 2 heterocycles. The van der Waals surface area contributed by atoms with Crippen molar-refractivity contribution in [3.8, 4) is 17.1 Å². The third kappa shape index (κ3) is 4.49. The van der Waals surface area contributed by atoms with Gasteiger partial charge in [0, 0.05) is 31.1 Å². The van der Waals surface area contributed by atoms with Crippen molar-refractivity contribution in [3.63, 3.8) is 0 Å². The van der Waals surface area contributed by atoms with Crippen LogP contribution in [-0.2, 0) is 27.6 Å². The Morgan fingerprint density at radius 1 is 1.16 bits per heavy atom. The number of amides is 1. The Balaban J connectivity index is 1.50. The maximum atomic E-state index is 13.1. The summed E-state index contributed by atoms with van der Waals surface area (Å²) in [6.07, 6.45) is 0.695. The molecule has 31 heavy (non-hydrogen) atoms. The highest BCUT2D eigenvalue weighted by atomic mass is 32.2. The molecule has 0 saturated carbocycles. The van der Waals surface area contributed by atoms with Crippen LogP contribution >= 0.6 is 0 Å². The molecule has 1 aliphatic rings. The predicted octanol–water partition coefficient (Wildman–Crippen LogP) is 3.41. The average molecular weight is 441 g/mol. The van der Waals surface area contributed by atoms with E-state index in [-0.39, 0.29) is 28.7 Å². The number of hydrogen-bond donors (Lipinski definition) is 0. The van der Waals surface area contributed by atoms with E-state index in [0.29, 0.717) is 30.1 Å². The van der Waals surface area contributed by atoms with Crippen LogP contribution in [0.3, 0.4) is 0 Å². The van der Waals surface area contributed by atoms with Gasteiger partial charge in [-0.3, -0.25) is 4.79 Å². The Kier molecular flexibility index (Phi) is 5.82. The van der Waals surface area contributed by atoms with Gasteiger partial charge in [-0.05, 0) is 42.7 Å². The van der Waals surface area contributed by atoms with Crippen LogP contribution in [0.15, 0.2) is 57.9 Å². The first-order chi connectivity index (χ1) is 14.9. The van der Waals surface area contributed by atoms with Crippen LogP contribution in [0.1, 0.15) is 23.2 Å². The second kappa shape index (κ2) is 8.55. The van der Waals surface area contributed by atoms with Crippen LogP contribution in [0.5, 0.6) is 5.75 Å². The summed E-state index contributed by atoms with van der Waals surface area (Å²) in [5.41, 5.74) is 3.63. The second-order valence-corrected chi connectivity index (χ2v) is 9.68. The molecule has 0 fully saturated rings. The molecular formula is C23H24N2O5S. The van der Waals surface area contributed by atoms with Crippen molar-refractivity contribution in [2.24, 2.45) is 0 Å². The lowest BCUT2D eigenvalue weighted by Gasteiger charge is -2.29. The minimum Gasteiger partial charge on any atom is -0.495 e. The monoisotopic (exact) mass is 440 g/mol. The minimum atomic E-state index is -3.76. The van der Waals surface area contributed by atoms with Crippen molar-refractivity contribution >= 4 is 15.7 Å². The zero-order chi connectivity index (χ0) is 22.0. The molecule has 1 aliphatic heterocycles. The van der Waals surface area contributed by atoms with Crippen molar-refractivity contribution in [2.75, 3.05) is 19.4 Å². The highest BCUT2D eigenvalue weighted by Crippen LogP contribution is 2.31. The first-order valence-electron chi connectivity index (χ1n) is 10.1. The summed E-state index contributed by atoms with van der Waals surface area (Å²) in [7, 11) is -2.34. The molecule has 0 radical (unpaired) electrons. The maximum absolute atomic E-state index is 13.1. The average Bonchev–Trinajstić information content (AvgIpc) is 3.23. The second-order valence-electron chi connectivity index (χ2n) is 7.60. The van der Waals surface area contributed by atoms with Gasteiger partial charge in [-0.25, -0.2) is 8.42 Å². The van der Waals surface area contributed by atoms with Crippen LogP contribution in [0.25, 0.3) is 11.3 Å². The van der Waals surface area contributed by atoms with Crippen LogP contribution in [0.2, 0.25) is 0 Å². The van der Waals surface area contributed by atoms with Gasteiger partial charge < -0.3 is 14.2 Å². The lowest BCUT2D eigenvalue weighted by Crippen LogP contribution is -2.36. The molecule has 0 unspecified atom stereocenters. The molecule has 2 aromatic carbocycles. The summed E-state index contributed by atoms with van der Waals surface area (Å²) in [4.78, 5) is 14.5. The Labute approximate surface area is 181 Å². The van der Waals surface area contributed by atoms with E-state index in [1.807, 2.05) is 18.2 Å². The third-order valence-corrected chi connectivity index (χ3v) is 7.21. The van der Waals surface area contributed by atoms with E-state index in [9.17, 15) is 13.2 Å². The number of rotatable bonds is 6. The first-order valence-corrected chi connectivity index (χ1v) is 11.7. The molecule has 0 saturated heterocycles. The summed E-state index contributed by atoms with van der Waals surface area (Å²) in [5, 5.41) is 3.85. The largest absolute Gasteiger partial charge is 0.495 e.